The Morgan fingerprint density at radius 1 is 1.17 bits per heavy atom. The van der Waals surface area contributed by atoms with Gasteiger partial charge in [0.2, 0.25) is 10.0 Å². The van der Waals surface area contributed by atoms with Gasteiger partial charge in [-0.05, 0) is 26.3 Å². The third kappa shape index (κ3) is 4.01. The van der Waals surface area contributed by atoms with Crippen LogP contribution in [0.5, 0.6) is 0 Å². The molecular weight excluding hydrogens is 398 g/mol. The smallest absolute Gasteiger partial charge is 0.270 e. The first-order valence-corrected chi connectivity index (χ1v) is 10.6. The molecule has 0 spiro atoms. The molecule has 1 aliphatic heterocycles. The summed E-state index contributed by atoms with van der Waals surface area (Å²) in [4.78, 5) is 24.9. The number of carbonyl (C=O) groups excluding carboxylic acids is 1. The van der Waals surface area contributed by atoms with E-state index in [-0.39, 0.29) is 41.7 Å². The largest absolute Gasteiger partial charge is 0.337 e. The molecule has 11 heteroatoms. The van der Waals surface area contributed by atoms with Crippen LogP contribution >= 0.6 is 0 Å². The lowest BCUT2D eigenvalue weighted by molar-refractivity contribution is -0.384. The number of nitrogens with zero attached hydrogens (tertiary/aromatic N) is 5. The topological polar surface area (TPSA) is 119 Å². The molecule has 1 aromatic heterocycles. The second-order valence-electron chi connectivity index (χ2n) is 6.98. The minimum Gasteiger partial charge on any atom is -0.337 e. The molecule has 0 saturated carbocycles. The lowest BCUT2D eigenvalue weighted by Gasteiger charge is -2.22. The van der Waals surface area contributed by atoms with Crippen molar-refractivity contribution in [1.82, 2.24) is 19.0 Å². The molecule has 1 amide bonds. The summed E-state index contributed by atoms with van der Waals surface area (Å²) in [6, 6.07) is 5.56. The second-order valence-corrected chi connectivity index (χ2v) is 8.86. The van der Waals surface area contributed by atoms with E-state index in [1.165, 1.54) is 38.2 Å². The predicted molar refractivity (Wildman–Crippen MR) is 105 cm³/mol. The van der Waals surface area contributed by atoms with Gasteiger partial charge in [0, 0.05) is 50.9 Å². The summed E-state index contributed by atoms with van der Waals surface area (Å²) in [6.45, 7) is 4.39. The van der Waals surface area contributed by atoms with Gasteiger partial charge < -0.3 is 4.90 Å². The Balaban J connectivity index is 1.79. The molecule has 1 fully saturated rings. The number of amides is 1. The molecular formula is C18H23N5O5S. The van der Waals surface area contributed by atoms with Crippen LogP contribution in [-0.2, 0) is 17.1 Å². The van der Waals surface area contributed by atoms with Crippen molar-refractivity contribution in [3.63, 3.8) is 0 Å². The number of benzene rings is 1. The van der Waals surface area contributed by atoms with Crippen LogP contribution < -0.4 is 0 Å². The van der Waals surface area contributed by atoms with E-state index in [9.17, 15) is 23.3 Å². The highest BCUT2D eigenvalue weighted by Gasteiger charge is 2.32. The number of sulfonamides is 1. The van der Waals surface area contributed by atoms with Crippen LogP contribution in [0.4, 0.5) is 5.69 Å². The van der Waals surface area contributed by atoms with Crippen LogP contribution in [0.15, 0.2) is 29.2 Å². The minimum atomic E-state index is -3.73. The van der Waals surface area contributed by atoms with Crippen LogP contribution in [0.3, 0.4) is 0 Å². The summed E-state index contributed by atoms with van der Waals surface area (Å²) < 4.78 is 29.2. The first-order valence-electron chi connectivity index (χ1n) is 9.17. The van der Waals surface area contributed by atoms with Gasteiger partial charge in [0.1, 0.15) is 4.90 Å². The summed E-state index contributed by atoms with van der Waals surface area (Å²) in [5, 5.41) is 15.1. The van der Waals surface area contributed by atoms with Gasteiger partial charge in [-0.2, -0.15) is 9.40 Å². The zero-order chi connectivity index (χ0) is 21.3. The summed E-state index contributed by atoms with van der Waals surface area (Å²) in [7, 11) is -2.04. The Bertz CT molecular complexity index is 1060. The molecule has 2 aromatic rings. The Kier molecular flexibility index (Phi) is 5.71. The molecule has 0 radical (unpaired) electrons. The Hall–Kier alpha value is -2.79. The standard InChI is InChI=1S/C18H23N5O5S/c1-13-17(14(2)20(3)19-13)29(27,28)22-9-5-8-21(10-11-22)18(24)15-6-4-7-16(12-15)23(25)26/h4,6-7,12H,5,8-11H2,1-3H3. The van der Waals surface area contributed by atoms with Crippen LogP contribution in [-0.4, -0.2) is 64.4 Å². The molecule has 1 saturated heterocycles. The zero-order valence-corrected chi connectivity index (χ0v) is 17.3. The van der Waals surface area contributed by atoms with Crippen LogP contribution in [0.2, 0.25) is 0 Å². The Morgan fingerprint density at radius 3 is 2.52 bits per heavy atom. The fraction of sp³-hybridized carbons (Fsp3) is 0.444. The van der Waals surface area contributed by atoms with E-state index >= 15 is 0 Å². The van der Waals surface area contributed by atoms with Crippen molar-refractivity contribution >= 4 is 21.6 Å². The van der Waals surface area contributed by atoms with E-state index in [1.54, 1.807) is 20.9 Å². The van der Waals surface area contributed by atoms with Gasteiger partial charge in [-0.3, -0.25) is 19.6 Å². The molecule has 29 heavy (non-hydrogen) atoms. The molecule has 1 aliphatic rings. The number of nitro groups is 1. The van der Waals surface area contributed by atoms with Gasteiger partial charge in [0.25, 0.3) is 11.6 Å². The molecule has 2 heterocycles. The Morgan fingerprint density at radius 2 is 1.90 bits per heavy atom. The third-order valence-electron chi connectivity index (χ3n) is 5.09. The van der Waals surface area contributed by atoms with E-state index < -0.39 is 14.9 Å². The first-order chi connectivity index (χ1) is 13.6. The molecule has 0 N–H and O–H groups in total. The maximum atomic E-state index is 13.2. The minimum absolute atomic E-state index is 0.150. The van der Waals surface area contributed by atoms with Crippen molar-refractivity contribution in [2.45, 2.75) is 25.2 Å². The van der Waals surface area contributed by atoms with Crippen molar-refractivity contribution in [3.05, 3.63) is 51.3 Å². The van der Waals surface area contributed by atoms with Gasteiger partial charge >= 0.3 is 0 Å². The number of non-ortho nitro benzene ring substituents is 1. The number of hydrogen-bond donors (Lipinski definition) is 0. The first kappa shape index (κ1) is 20.9. The highest BCUT2D eigenvalue weighted by atomic mass is 32.2. The van der Waals surface area contributed by atoms with Gasteiger partial charge in [-0.15, -0.1) is 0 Å². The van der Waals surface area contributed by atoms with Gasteiger partial charge in [0.05, 0.1) is 16.3 Å². The average Bonchev–Trinajstić information content (AvgIpc) is 2.85. The van der Waals surface area contributed by atoms with Crippen molar-refractivity contribution in [3.8, 4) is 0 Å². The van der Waals surface area contributed by atoms with Gasteiger partial charge in [-0.25, -0.2) is 8.42 Å². The SMILES string of the molecule is Cc1nn(C)c(C)c1S(=O)(=O)N1CCCN(C(=O)c2cccc([N+](=O)[O-])c2)CC1. The maximum absolute atomic E-state index is 13.2. The summed E-state index contributed by atoms with van der Waals surface area (Å²) >= 11 is 0. The monoisotopic (exact) mass is 421 g/mol. The van der Waals surface area contributed by atoms with Crippen molar-refractivity contribution in [2.24, 2.45) is 7.05 Å². The number of hydrogen-bond acceptors (Lipinski definition) is 6. The molecule has 0 unspecified atom stereocenters. The van der Waals surface area contributed by atoms with E-state index in [0.29, 0.717) is 24.4 Å². The molecule has 156 valence electrons. The van der Waals surface area contributed by atoms with E-state index in [1.807, 2.05) is 0 Å². The van der Waals surface area contributed by atoms with Crippen LogP contribution in [0, 0.1) is 24.0 Å². The van der Waals surface area contributed by atoms with Crippen molar-refractivity contribution in [1.29, 1.82) is 0 Å². The fourth-order valence-electron chi connectivity index (χ4n) is 3.53. The maximum Gasteiger partial charge on any atom is 0.270 e. The molecule has 3 rings (SSSR count). The molecule has 1 aromatic carbocycles. The lowest BCUT2D eigenvalue weighted by atomic mass is 10.1. The zero-order valence-electron chi connectivity index (χ0n) is 16.5. The molecule has 0 aliphatic carbocycles. The summed E-state index contributed by atoms with van der Waals surface area (Å²) in [5.74, 6) is -0.346. The quantitative estimate of drug-likeness (QED) is 0.545. The average molecular weight is 421 g/mol. The molecule has 10 nitrogen and oxygen atoms in total. The summed E-state index contributed by atoms with van der Waals surface area (Å²) in [6.07, 6.45) is 0.470. The third-order valence-corrected chi connectivity index (χ3v) is 7.24. The number of carbonyl (C=O) groups is 1. The number of aromatic nitrogens is 2. The van der Waals surface area contributed by atoms with E-state index in [4.69, 9.17) is 0 Å². The van der Waals surface area contributed by atoms with Gasteiger partial charge in [-0.1, -0.05) is 6.07 Å². The normalized spacial score (nSPS) is 15.9. The van der Waals surface area contributed by atoms with Crippen LogP contribution in [0.25, 0.3) is 0 Å². The second kappa shape index (κ2) is 7.91. The van der Waals surface area contributed by atoms with Crippen LogP contribution in [0.1, 0.15) is 28.2 Å². The van der Waals surface area contributed by atoms with Crippen molar-refractivity contribution in [2.75, 3.05) is 26.2 Å². The molecule has 0 atom stereocenters. The fourth-order valence-corrected chi connectivity index (χ4v) is 5.40. The van der Waals surface area contributed by atoms with Crippen molar-refractivity contribution < 1.29 is 18.1 Å². The number of nitro benzene ring substituents is 1. The highest BCUT2D eigenvalue weighted by molar-refractivity contribution is 7.89. The number of rotatable bonds is 4. The van der Waals surface area contributed by atoms with E-state index in [0.717, 1.165) is 0 Å². The van der Waals surface area contributed by atoms with Gasteiger partial charge in [0.15, 0.2) is 0 Å². The summed E-state index contributed by atoms with van der Waals surface area (Å²) in [5.41, 5.74) is 1.07. The Labute approximate surface area is 168 Å². The lowest BCUT2D eigenvalue weighted by Crippen LogP contribution is -2.37. The van der Waals surface area contributed by atoms with E-state index in [2.05, 4.69) is 5.10 Å². The number of aryl methyl sites for hydroxylation is 2. The predicted octanol–water partition coefficient (Wildman–Crippen LogP) is 1.48. The molecule has 0 bridgehead atoms. The highest BCUT2D eigenvalue weighted by Crippen LogP contribution is 2.24.